The van der Waals surface area contributed by atoms with Crippen LogP contribution in [-0.2, 0) is 15.1 Å². The van der Waals surface area contributed by atoms with Crippen LogP contribution in [0.1, 0.15) is 48.2 Å². The number of ether oxygens (including phenoxy) is 1. The van der Waals surface area contributed by atoms with Gasteiger partial charge in [-0.15, -0.1) is 0 Å². The Kier molecular flexibility index (Phi) is 11.4. The number of rotatable bonds is 13. The van der Waals surface area contributed by atoms with Crippen molar-refractivity contribution in [3.05, 3.63) is 93.5 Å². The lowest BCUT2D eigenvalue weighted by atomic mass is 9.93. The first-order valence-corrected chi connectivity index (χ1v) is 16.8. The number of aromatic nitrogens is 3. The summed E-state index contributed by atoms with van der Waals surface area (Å²) >= 11 is 12.0. The standard InChI is InChI=1S/C35H35Cl2F3N8O4/c1-20-16-24(37)10-13-26(20)44-29(51)28(50)42-18-33(2,3)17-41-27(49)21-4-11-25(12-5-21)43-30-45-31(47-32(46-30)52-19-35(38,39)40)48-34(14-15-34)22-6-8-23(36)9-7-22/h4-13,16H,14-15,17-19H2,1-3H3,(H,41,49)(H,42,50)(H,44,51)(H2,43,45,46,47,48). The monoisotopic (exact) mass is 758 g/mol. The fraction of sp³-hybridized carbons (Fsp3) is 0.314. The summed E-state index contributed by atoms with van der Waals surface area (Å²) in [5.74, 6) is -2.13. The molecule has 1 aliphatic carbocycles. The molecule has 1 heterocycles. The van der Waals surface area contributed by atoms with Crippen molar-refractivity contribution < 1.29 is 32.3 Å². The van der Waals surface area contributed by atoms with Crippen LogP contribution in [0.3, 0.4) is 0 Å². The summed E-state index contributed by atoms with van der Waals surface area (Å²) in [7, 11) is 0. The van der Waals surface area contributed by atoms with Gasteiger partial charge in [0, 0.05) is 40.1 Å². The highest BCUT2D eigenvalue weighted by atomic mass is 35.5. The molecule has 1 aromatic heterocycles. The van der Waals surface area contributed by atoms with Gasteiger partial charge in [-0.2, -0.15) is 28.1 Å². The van der Waals surface area contributed by atoms with Crippen LogP contribution in [0.4, 0.5) is 36.4 Å². The molecule has 1 saturated carbocycles. The minimum Gasteiger partial charge on any atom is -0.454 e. The van der Waals surface area contributed by atoms with Crippen LogP contribution in [0.25, 0.3) is 0 Å². The summed E-state index contributed by atoms with van der Waals surface area (Å²) in [4.78, 5) is 50.1. The molecule has 0 saturated heterocycles. The topological polar surface area (TPSA) is 159 Å². The highest BCUT2D eigenvalue weighted by Gasteiger charge is 2.45. The summed E-state index contributed by atoms with van der Waals surface area (Å²) in [6.45, 7) is 4.05. The van der Waals surface area contributed by atoms with E-state index in [4.69, 9.17) is 27.9 Å². The van der Waals surface area contributed by atoms with Gasteiger partial charge in [-0.1, -0.05) is 49.2 Å². The number of hydrogen-bond donors (Lipinski definition) is 5. The van der Waals surface area contributed by atoms with Crippen LogP contribution in [0.2, 0.25) is 10.0 Å². The third-order valence-electron chi connectivity index (χ3n) is 7.98. The predicted octanol–water partition coefficient (Wildman–Crippen LogP) is 6.78. The summed E-state index contributed by atoms with van der Waals surface area (Å²) in [6.07, 6.45) is -3.14. The van der Waals surface area contributed by atoms with Gasteiger partial charge in [0.15, 0.2) is 6.61 Å². The van der Waals surface area contributed by atoms with Crippen molar-refractivity contribution in [3.8, 4) is 6.01 Å². The molecule has 3 aromatic carbocycles. The average Bonchev–Trinajstić information content (AvgIpc) is 3.87. The molecule has 5 rings (SSSR count). The molecular weight excluding hydrogens is 724 g/mol. The van der Waals surface area contributed by atoms with Gasteiger partial charge in [-0.25, -0.2) is 0 Å². The van der Waals surface area contributed by atoms with Gasteiger partial charge < -0.3 is 31.3 Å². The maximum Gasteiger partial charge on any atom is 0.422 e. The third kappa shape index (κ3) is 10.7. The molecule has 1 aliphatic rings. The SMILES string of the molecule is Cc1cc(Cl)ccc1NC(=O)C(=O)NCC(C)(C)CNC(=O)c1ccc(Nc2nc(NC3(c4ccc(Cl)cc4)CC3)nc(OCC(F)(F)F)n2)cc1. The number of halogens is 5. The second-order valence-corrected chi connectivity index (χ2v) is 13.9. The van der Waals surface area contributed by atoms with Crippen molar-refractivity contribution in [2.24, 2.45) is 5.41 Å². The van der Waals surface area contributed by atoms with Crippen LogP contribution in [0.5, 0.6) is 6.01 Å². The highest BCUT2D eigenvalue weighted by molar-refractivity contribution is 6.39. The number of nitrogens with one attached hydrogen (secondary N) is 5. The molecule has 274 valence electrons. The second kappa shape index (κ2) is 15.6. The van der Waals surface area contributed by atoms with E-state index in [1.807, 2.05) is 26.0 Å². The van der Waals surface area contributed by atoms with Gasteiger partial charge in [0.05, 0.1) is 5.54 Å². The Morgan fingerprint density at radius 1 is 0.827 bits per heavy atom. The minimum atomic E-state index is -4.61. The van der Waals surface area contributed by atoms with E-state index in [0.717, 1.165) is 18.4 Å². The van der Waals surface area contributed by atoms with E-state index in [1.54, 1.807) is 49.4 Å². The van der Waals surface area contributed by atoms with E-state index in [9.17, 15) is 27.6 Å². The normalized spacial score (nSPS) is 13.5. The third-order valence-corrected chi connectivity index (χ3v) is 8.47. The summed E-state index contributed by atoms with van der Waals surface area (Å²) in [5, 5.41) is 15.2. The lowest BCUT2D eigenvalue weighted by molar-refractivity contribution is -0.154. The predicted molar refractivity (Wildman–Crippen MR) is 191 cm³/mol. The number of anilines is 4. The number of carbonyl (C=O) groups excluding carboxylic acids is 3. The molecule has 0 bridgehead atoms. The van der Waals surface area contributed by atoms with Crippen LogP contribution < -0.4 is 31.3 Å². The molecule has 4 aromatic rings. The molecule has 3 amide bonds. The first kappa shape index (κ1) is 38.1. The Labute approximate surface area is 307 Å². The fourth-order valence-electron chi connectivity index (χ4n) is 4.94. The molecule has 17 heteroatoms. The maximum atomic E-state index is 12.9. The average molecular weight is 760 g/mol. The number of aryl methyl sites for hydroxylation is 1. The quantitative estimate of drug-likeness (QED) is 0.0927. The van der Waals surface area contributed by atoms with Gasteiger partial charge in [-0.05, 0) is 90.9 Å². The molecule has 12 nitrogen and oxygen atoms in total. The van der Waals surface area contributed by atoms with Crippen molar-refractivity contribution in [2.45, 2.75) is 45.3 Å². The molecule has 0 spiro atoms. The zero-order valence-electron chi connectivity index (χ0n) is 28.3. The van der Waals surface area contributed by atoms with Crippen molar-refractivity contribution in [2.75, 3.05) is 35.6 Å². The smallest absolute Gasteiger partial charge is 0.422 e. The van der Waals surface area contributed by atoms with Gasteiger partial charge in [0.25, 0.3) is 5.91 Å². The van der Waals surface area contributed by atoms with E-state index in [2.05, 4.69) is 41.5 Å². The van der Waals surface area contributed by atoms with Crippen LogP contribution in [0.15, 0.2) is 66.7 Å². The van der Waals surface area contributed by atoms with Gasteiger partial charge in [0.2, 0.25) is 11.9 Å². The van der Waals surface area contributed by atoms with E-state index in [-0.39, 0.29) is 25.0 Å². The molecule has 5 N–H and O–H groups in total. The summed E-state index contributed by atoms with van der Waals surface area (Å²) < 4.78 is 43.6. The highest BCUT2D eigenvalue weighted by Crippen LogP contribution is 2.48. The van der Waals surface area contributed by atoms with E-state index >= 15 is 0 Å². The van der Waals surface area contributed by atoms with E-state index < -0.39 is 47.5 Å². The molecule has 1 fully saturated rings. The lowest BCUT2D eigenvalue weighted by Crippen LogP contribution is -2.45. The molecule has 52 heavy (non-hydrogen) atoms. The minimum absolute atomic E-state index is 0.00853. The Hall–Kier alpha value is -5.15. The van der Waals surface area contributed by atoms with Gasteiger partial charge >= 0.3 is 24.0 Å². The Morgan fingerprint density at radius 2 is 1.46 bits per heavy atom. The first-order chi connectivity index (χ1) is 24.5. The second-order valence-electron chi connectivity index (χ2n) is 13.0. The zero-order chi connectivity index (χ0) is 37.7. The molecule has 0 radical (unpaired) electrons. The number of nitrogens with zero attached hydrogens (tertiary/aromatic N) is 3. The number of hydrogen-bond acceptors (Lipinski definition) is 9. The molecule has 0 aliphatic heterocycles. The number of alkyl halides is 3. The van der Waals surface area contributed by atoms with Crippen molar-refractivity contribution in [1.82, 2.24) is 25.6 Å². The van der Waals surface area contributed by atoms with E-state index in [1.165, 1.54) is 12.1 Å². The Bertz CT molecular complexity index is 1940. The van der Waals surface area contributed by atoms with E-state index in [0.29, 0.717) is 32.5 Å². The molecular formula is C35H35Cl2F3N8O4. The Balaban J connectivity index is 1.17. The van der Waals surface area contributed by atoms with Crippen LogP contribution in [0, 0.1) is 12.3 Å². The first-order valence-electron chi connectivity index (χ1n) is 16.0. The molecule has 0 atom stereocenters. The van der Waals surface area contributed by atoms with Crippen LogP contribution in [-0.4, -0.2) is 58.5 Å². The van der Waals surface area contributed by atoms with Crippen LogP contribution >= 0.6 is 23.2 Å². The van der Waals surface area contributed by atoms with Crippen molar-refractivity contribution >= 4 is 64.2 Å². The number of benzene rings is 3. The Morgan fingerprint density at radius 3 is 2.10 bits per heavy atom. The fourth-order valence-corrected chi connectivity index (χ4v) is 5.29. The van der Waals surface area contributed by atoms with Crippen molar-refractivity contribution in [1.29, 1.82) is 0 Å². The van der Waals surface area contributed by atoms with Crippen molar-refractivity contribution in [3.63, 3.8) is 0 Å². The molecule has 0 unspecified atom stereocenters. The van der Waals surface area contributed by atoms with Gasteiger partial charge in [0.1, 0.15) is 0 Å². The number of amides is 3. The maximum absolute atomic E-state index is 12.9. The lowest BCUT2D eigenvalue weighted by Gasteiger charge is -2.25. The van der Waals surface area contributed by atoms with Gasteiger partial charge in [-0.3, -0.25) is 14.4 Å². The largest absolute Gasteiger partial charge is 0.454 e. The summed E-state index contributed by atoms with van der Waals surface area (Å²) in [5.41, 5.74) is 1.69. The summed E-state index contributed by atoms with van der Waals surface area (Å²) in [6, 6.07) is 17.8. The number of carbonyl (C=O) groups is 3. The zero-order valence-corrected chi connectivity index (χ0v) is 29.8.